The van der Waals surface area contributed by atoms with Gasteiger partial charge >= 0.3 is 6.18 Å². The lowest BCUT2D eigenvalue weighted by Gasteiger charge is -2.12. The van der Waals surface area contributed by atoms with Crippen molar-refractivity contribution in [3.05, 3.63) is 53.6 Å². The van der Waals surface area contributed by atoms with Crippen LogP contribution < -0.4 is 14.8 Å². The average molecular weight is 416 g/mol. The van der Waals surface area contributed by atoms with Crippen LogP contribution in [0.3, 0.4) is 0 Å². The minimum absolute atomic E-state index is 0.252. The largest absolute Gasteiger partial charge is 0.483 e. The molecule has 28 heavy (non-hydrogen) atoms. The van der Waals surface area contributed by atoms with Crippen LogP contribution in [0, 0.1) is 13.8 Å². The summed E-state index contributed by atoms with van der Waals surface area (Å²) in [5.74, 6) is 0.110. The third kappa shape index (κ3) is 6.24. The number of alkyl halides is 3. The molecule has 0 aromatic heterocycles. The number of amides is 1. The van der Waals surface area contributed by atoms with Gasteiger partial charge in [-0.3, -0.25) is 4.79 Å². The highest BCUT2D eigenvalue weighted by Crippen LogP contribution is 2.21. The first-order valence-corrected chi connectivity index (χ1v) is 9.61. The molecule has 152 valence electrons. The molecule has 0 radical (unpaired) electrons. The summed E-state index contributed by atoms with van der Waals surface area (Å²) in [6, 6.07) is 10.2. The maximum atomic E-state index is 12.2. The molecule has 2 aromatic carbocycles. The number of halogens is 3. The van der Waals surface area contributed by atoms with Gasteiger partial charge in [-0.15, -0.1) is 0 Å². The van der Waals surface area contributed by atoms with Gasteiger partial charge in [0, 0.05) is 5.69 Å². The number of anilines is 1. The third-order valence-electron chi connectivity index (χ3n) is 3.82. The Balaban J connectivity index is 1.94. The lowest BCUT2D eigenvalue weighted by molar-refractivity contribution is -0.121. The van der Waals surface area contributed by atoms with Crippen LogP contribution in [0.15, 0.2) is 47.4 Å². The van der Waals surface area contributed by atoms with Crippen molar-refractivity contribution in [1.82, 2.24) is 4.72 Å². The fraction of sp³-hybridized carbons (Fsp3) is 0.278. The van der Waals surface area contributed by atoms with E-state index in [1.54, 1.807) is 6.07 Å². The fourth-order valence-corrected chi connectivity index (χ4v) is 3.21. The average Bonchev–Trinajstić information content (AvgIpc) is 2.61. The van der Waals surface area contributed by atoms with Gasteiger partial charge in [0.2, 0.25) is 10.0 Å². The molecule has 0 spiro atoms. The summed E-state index contributed by atoms with van der Waals surface area (Å²) in [4.78, 5) is 11.6. The number of ether oxygens (including phenoxy) is 1. The summed E-state index contributed by atoms with van der Waals surface area (Å²) in [7, 11) is -4.30. The summed E-state index contributed by atoms with van der Waals surface area (Å²) in [5, 5.41) is 2.52. The summed E-state index contributed by atoms with van der Waals surface area (Å²) >= 11 is 0. The van der Waals surface area contributed by atoms with E-state index in [4.69, 9.17) is 4.74 Å². The van der Waals surface area contributed by atoms with E-state index >= 15 is 0 Å². The van der Waals surface area contributed by atoms with Crippen LogP contribution >= 0.6 is 0 Å². The van der Waals surface area contributed by atoms with E-state index in [1.807, 2.05) is 26.0 Å². The summed E-state index contributed by atoms with van der Waals surface area (Å²) in [6.07, 6.45) is -4.66. The predicted octanol–water partition coefficient (Wildman–Crippen LogP) is 3.16. The molecule has 10 heteroatoms. The molecule has 0 atom stereocenters. The topological polar surface area (TPSA) is 84.5 Å². The normalized spacial score (nSPS) is 11.9. The molecule has 1 amide bonds. The number of hydrogen-bond donors (Lipinski definition) is 2. The highest BCUT2D eigenvalue weighted by atomic mass is 32.2. The number of benzene rings is 2. The minimum Gasteiger partial charge on any atom is -0.483 e. The number of sulfonamides is 1. The van der Waals surface area contributed by atoms with Crippen molar-refractivity contribution in [3.63, 3.8) is 0 Å². The Kier molecular flexibility index (Phi) is 6.68. The molecule has 0 saturated carbocycles. The van der Waals surface area contributed by atoms with Gasteiger partial charge < -0.3 is 10.1 Å². The van der Waals surface area contributed by atoms with E-state index in [0.717, 1.165) is 23.3 Å². The van der Waals surface area contributed by atoms with E-state index in [0.29, 0.717) is 5.75 Å². The highest BCUT2D eigenvalue weighted by Gasteiger charge is 2.30. The third-order valence-corrected chi connectivity index (χ3v) is 5.24. The number of carbonyl (C=O) groups is 1. The van der Waals surface area contributed by atoms with Gasteiger partial charge in [-0.2, -0.15) is 13.2 Å². The van der Waals surface area contributed by atoms with Crippen molar-refractivity contribution in [2.45, 2.75) is 24.9 Å². The summed E-state index contributed by atoms with van der Waals surface area (Å²) in [5.41, 5.74) is 2.22. The zero-order valence-corrected chi connectivity index (χ0v) is 15.9. The van der Waals surface area contributed by atoms with Crippen LogP contribution in [0.4, 0.5) is 18.9 Å². The van der Waals surface area contributed by atoms with Crippen LogP contribution in [-0.2, 0) is 14.8 Å². The molecule has 0 aliphatic heterocycles. The van der Waals surface area contributed by atoms with E-state index in [1.165, 1.54) is 16.9 Å². The molecule has 2 aromatic rings. The van der Waals surface area contributed by atoms with Crippen LogP contribution in [0.1, 0.15) is 11.1 Å². The zero-order chi connectivity index (χ0) is 20.9. The molecule has 0 fully saturated rings. The number of nitrogens with one attached hydrogen (secondary N) is 2. The Morgan fingerprint density at radius 1 is 1.07 bits per heavy atom. The first kappa shape index (κ1) is 21.7. The molecule has 0 aliphatic rings. The quantitative estimate of drug-likeness (QED) is 0.726. The monoisotopic (exact) mass is 416 g/mol. The Labute approximate surface area is 160 Å². The van der Waals surface area contributed by atoms with Gasteiger partial charge in [0.1, 0.15) is 12.3 Å². The second kappa shape index (κ2) is 8.61. The molecule has 0 saturated heterocycles. The van der Waals surface area contributed by atoms with Crippen molar-refractivity contribution in [1.29, 1.82) is 0 Å². The zero-order valence-electron chi connectivity index (χ0n) is 15.1. The molecule has 2 N–H and O–H groups in total. The van der Waals surface area contributed by atoms with Crippen molar-refractivity contribution in [2.24, 2.45) is 0 Å². The van der Waals surface area contributed by atoms with E-state index in [9.17, 15) is 26.4 Å². The van der Waals surface area contributed by atoms with Crippen molar-refractivity contribution >= 4 is 21.6 Å². The standard InChI is InChI=1S/C18H19F3N2O4S/c1-12-4-3-5-16(13(12)2)27-10-17(24)23-14-6-8-15(9-7-14)28(25,26)22-11-18(19,20)21/h3-9,22H,10-11H2,1-2H3,(H,23,24). The Morgan fingerprint density at radius 3 is 2.32 bits per heavy atom. The lowest BCUT2D eigenvalue weighted by atomic mass is 10.1. The Bertz CT molecular complexity index is 942. The van der Waals surface area contributed by atoms with Crippen molar-refractivity contribution < 1.29 is 31.1 Å². The molecule has 2 rings (SSSR count). The van der Waals surface area contributed by atoms with Gasteiger partial charge in [-0.05, 0) is 55.3 Å². The van der Waals surface area contributed by atoms with Gasteiger partial charge in [0.05, 0.1) is 4.90 Å². The minimum atomic E-state index is -4.66. The van der Waals surface area contributed by atoms with E-state index in [2.05, 4.69) is 5.32 Å². The number of aryl methyl sites for hydroxylation is 1. The van der Waals surface area contributed by atoms with Crippen LogP contribution in [-0.4, -0.2) is 33.7 Å². The number of rotatable bonds is 7. The van der Waals surface area contributed by atoms with E-state index in [-0.39, 0.29) is 17.2 Å². The second-order valence-electron chi connectivity index (χ2n) is 6.00. The maximum Gasteiger partial charge on any atom is 0.402 e. The number of hydrogen-bond acceptors (Lipinski definition) is 4. The summed E-state index contributed by atoms with van der Waals surface area (Å²) in [6.45, 7) is 1.87. The van der Waals surface area contributed by atoms with Crippen LogP contribution in [0.25, 0.3) is 0 Å². The Morgan fingerprint density at radius 2 is 1.71 bits per heavy atom. The molecule has 0 aliphatic carbocycles. The van der Waals surface area contributed by atoms with Gasteiger partial charge in [0.25, 0.3) is 5.91 Å². The molecule has 0 bridgehead atoms. The molecular formula is C18H19F3N2O4S. The van der Waals surface area contributed by atoms with Gasteiger partial charge in [-0.1, -0.05) is 12.1 Å². The Hall–Kier alpha value is -2.59. The second-order valence-corrected chi connectivity index (χ2v) is 7.77. The molecule has 0 heterocycles. The SMILES string of the molecule is Cc1cccc(OCC(=O)Nc2ccc(S(=O)(=O)NCC(F)(F)F)cc2)c1C. The van der Waals surface area contributed by atoms with Crippen molar-refractivity contribution in [2.75, 3.05) is 18.5 Å². The van der Waals surface area contributed by atoms with Crippen molar-refractivity contribution in [3.8, 4) is 5.75 Å². The highest BCUT2D eigenvalue weighted by molar-refractivity contribution is 7.89. The van der Waals surface area contributed by atoms with E-state index < -0.39 is 28.7 Å². The first-order chi connectivity index (χ1) is 13.0. The molecule has 0 unspecified atom stereocenters. The van der Waals surface area contributed by atoms with Gasteiger partial charge in [0.15, 0.2) is 6.61 Å². The molecular weight excluding hydrogens is 397 g/mol. The van der Waals surface area contributed by atoms with Crippen LogP contribution in [0.5, 0.6) is 5.75 Å². The fourth-order valence-electron chi connectivity index (χ4n) is 2.20. The van der Waals surface area contributed by atoms with Gasteiger partial charge in [-0.25, -0.2) is 13.1 Å². The number of carbonyl (C=O) groups excluding carboxylic acids is 1. The predicted molar refractivity (Wildman–Crippen MR) is 97.7 cm³/mol. The molecule has 6 nitrogen and oxygen atoms in total. The maximum absolute atomic E-state index is 12.2. The smallest absolute Gasteiger partial charge is 0.402 e. The van der Waals surface area contributed by atoms with Crippen LogP contribution in [0.2, 0.25) is 0 Å². The first-order valence-electron chi connectivity index (χ1n) is 8.13. The lowest BCUT2D eigenvalue weighted by Crippen LogP contribution is -2.33. The summed E-state index contributed by atoms with van der Waals surface area (Å²) < 4.78 is 67.1.